The van der Waals surface area contributed by atoms with E-state index < -0.39 is 5.63 Å². The molecule has 3 rings (SSSR count). The van der Waals surface area contributed by atoms with Crippen molar-refractivity contribution in [3.05, 3.63) is 50.4 Å². The highest BCUT2D eigenvalue weighted by Gasteiger charge is 2.26. The van der Waals surface area contributed by atoms with Gasteiger partial charge in [0.25, 0.3) is 0 Å². The average Bonchev–Trinajstić information content (AvgIpc) is 2.45. The Bertz CT molecular complexity index is 843. The molecule has 4 heteroatoms. The largest absolute Gasteiger partial charge is 0.421 e. The minimum atomic E-state index is -0.535. The van der Waals surface area contributed by atoms with Crippen molar-refractivity contribution >= 4 is 11.8 Å². The van der Waals surface area contributed by atoms with Gasteiger partial charge in [-0.15, -0.1) is 11.8 Å². The highest BCUT2D eigenvalue weighted by molar-refractivity contribution is 7.98. The van der Waals surface area contributed by atoms with Gasteiger partial charge in [0.05, 0.1) is 0 Å². The lowest BCUT2D eigenvalue weighted by molar-refractivity contribution is 0.506. The first kappa shape index (κ1) is 14.0. The standard InChI is InChI=1S/C17H15NO2S/c1-9-6-10(2)11-4-5-12-15(13(11)7-9)20-17(19)14(8-18)16(12)21-3/h6-7H,4-5H2,1-3H3. The SMILES string of the molecule is CSc1c2c(oc(=O)c1C#N)-c1cc(C)cc(C)c1CC2. The minimum Gasteiger partial charge on any atom is -0.421 e. The van der Waals surface area contributed by atoms with Crippen molar-refractivity contribution < 1.29 is 4.42 Å². The van der Waals surface area contributed by atoms with Gasteiger partial charge in [0.2, 0.25) is 0 Å². The van der Waals surface area contributed by atoms with Crippen molar-refractivity contribution in [1.82, 2.24) is 0 Å². The van der Waals surface area contributed by atoms with Crippen LogP contribution >= 0.6 is 11.8 Å². The highest BCUT2D eigenvalue weighted by atomic mass is 32.2. The second-order valence-electron chi connectivity index (χ2n) is 5.33. The lowest BCUT2D eigenvalue weighted by Gasteiger charge is -2.22. The van der Waals surface area contributed by atoms with Crippen molar-refractivity contribution in [1.29, 1.82) is 5.26 Å². The van der Waals surface area contributed by atoms with E-state index in [2.05, 4.69) is 19.1 Å². The first-order valence-electron chi connectivity index (χ1n) is 6.81. The maximum atomic E-state index is 12.1. The molecule has 0 radical (unpaired) electrons. The molecular formula is C17H15NO2S. The molecule has 0 atom stereocenters. The van der Waals surface area contributed by atoms with E-state index in [4.69, 9.17) is 4.42 Å². The van der Waals surface area contributed by atoms with Crippen LogP contribution in [0.5, 0.6) is 0 Å². The van der Waals surface area contributed by atoms with Crippen molar-refractivity contribution in [3.8, 4) is 17.4 Å². The van der Waals surface area contributed by atoms with Crippen LogP contribution in [0.15, 0.2) is 26.2 Å². The lowest BCUT2D eigenvalue weighted by Crippen LogP contribution is -2.15. The van der Waals surface area contributed by atoms with Gasteiger partial charge in [-0.3, -0.25) is 0 Å². The van der Waals surface area contributed by atoms with Crippen LogP contribution in [0.4, 0.5) is 0 Å². The second-order valence-corrected chi connectivity index (χ2v) is 6.14. The molecule has 1 aromatic carbocycles. The molecule has 0 N–H and O–H groups in total. The van der Waals surface area contributed by atoms with E-state index in [1.54, 1.807) is 0 Å². The number of rotatable bonds is 1. The normalized spacial score (nSPS) is 12.5. The summed E-state index contributed by atoms with van der Waals surface area (Å²) in [7, 11) is 0. The van der Waals surface area contributed by atoms with Crippen molar-refractivity contribution in [2.24, 2.45) is 0 Å². The maximum absolute atomic E-state index is 12.1. The zero-order valence-corrected chi connectivity index (χ0v) is 13.1. The van der Waals surface area contributed by atoms with E-state index >= 15 is 0 Å². The Morgan fingerprint density at radius 3 is 2.62 bits per heavy atom. The molecule has 1 aliphatic rings. The molecule has 0 aliphatic heterocycles. The van der Waals surface area contributed by atoms with Crippen molar-refractivity contribution in [3.63, 3.8) is 0 Å². The predicted octanol–water partition coefficient (Wildman–Crippen LogP) is 3.62. The van der Waals surface area contributed by atoms with Gasteiger partial charge in [-0.05, 0) is 50.1 Å². The smallest absolute Gasteiger partial charge is 0.355 e. The molecule has 0 spiro atoms. The third kappa shape index (κ3) is 2.09. The van der Waals surface area contributed by atoms with Gasteiger partial charge >= 0.3 is 5.63 Å². The van der Waals surface area contributed by atoms with Gasteiger partial charge in [-0.25, -0.2) is 4.79 Å². The molecule has 0 saturated carbocycles. The van der Waals surface area contributed by atoms with E-state index in [1.165, 1.54) is 22.9 Å². The van der Waals surface area contributed by atoms with Gasteiger partial charge in [0.1, 0.15) is 11.8 Å². The van der Waals surface area contributed by atoms with Crippen LogP contribution in [0.2, 0.25) is 0 Å². The summed E-state index contributed by atoms with van der Waals surface area (Å²) in [4.78, 5) is 12.9. The van der Waals surface area contributed by atoms with Gasteiger partial charge in [-0.2, -0.15) is 5.26 Å². The van der Waals surface area contributed by atoms with E-state index in [0.717, 1.165) is 34.4 Å². The Morgan fingerprint density at radius 2 is 1.95 bits per heavy atom. The predicted molar refractivity (Wildman–Crippen MR) is 83.8 cm³/mol. The van der Waals surface area contributed by atoms with Crippen LogP contribution < -0.4 is 5.63 Å². The highest BCUT2D eigenvalue weighted by Crippen LogP contribution is 2.39. The molecule has 2 aromatic rings. The summed E-state index contributed by atoms with van der Waals surface area (Å²) < 4.78 is 5.51. The number of aryl methyl sites for hydroxylation is 2. The molecule has 106 valence electrons. The summed E-state index contributed by atoms with van der Waals surface area (Å²) in [5.74, 6) is 0.649. The molecule has 0 unspecified atom stereocenters. The van der Waals surface area contributed by atoms with Crippen LogP contribution in [0.1, 0.15) is 27.8 Å². The van der Waals surface area contributed by atoms with Gasteiger partial charge < -0.3 is 4.42 Å². The monoisotopic (exact) mass is 297 g/mol. The Hall–Kier alpha value is -1.99. The first-order chi connectivity index (χ1) is 10.1. The number of benzene rings is 1. The van der Waals surface area contributed by atoms with Crippen LogP contribution in [0.3, 0.4) is 0 Å². The molecule has 0 bridgehead atoms. The molecular weight excluding hydrogens is 282 g/mol. The van der Waals surface area contributed by atoms with Gasteiger partial charge in [-0.1, -0.05) is 11.6 Å². The Labute approximate surface area is 127 Å². The zero-order valence-electron chi connectivity index (χ0n) is 12.2. The number of hydrogen-bond donors (Lipinski definition) is 0. The summed E-state index contributed by atoms with van der Waals surface area (Å²) in [5, 5.41) is 9.19. The van der Waals surface area contributed by atoms with Crippen LogP contribution in [-0.4, -0.2) is 6.26 Å². The van der Waals surface area contributed by atoms with E-state index in [0.29, 0.717) is 5.76 Å². The summed E-state index contributed by atoms with van der Waals surface area (Å²) in [6.45, 7) is 4.13. The summed E-state index contributed by atoms with van der Waals surface area (Å²) in [5.41, 5.74) is 5.22. The summed E-state index contributed by atoms with van der Waals surface area (Å²) in [6, 6.07) is 6.21. The maximum Gasteiger partial charge on any atom is 0.355 e. The molecule has 1 aliphatic carbocycles. The van der Waals surface area contributed by atoms with E-state index in [-0.39, 0.29) is 5.56 Å². The molecule has 0 fully saturated rings. The lowest BCUT2D eigenvalue weighted by atomic mass is 9.86. The van der Waals surface area contributed by atoms with Crippen LogP contribution in [-0.2, 0) is 12.8 Å². The van der Waals surface area contributed by atoms with Gasteiger partial charge in [0.15, 0.2) is 5.56 Å². The number of hydrogen-bond acceptors (Lipinski definition) is 4. The average molecular weight is 297 g/mol. The molecule has 0 saturated heterocycles. The Kier molecular flexibility index (Phi) is 3.38. The van der Waals surface area contributed by atoms with Crippen LogP contribution in [0.25, 0.3) is 11.3 Å². The van der Waals surface area contributed by atoms with Gasteiger partial charge in [0, 0.05) is 16.0 Å². The number of nitrogens with zero attached hydrogens (tertiary/aromatic N) is 1. The second kappa shape index (κ2) is 5.09. The summed E-state index contributed by atoms with van der Waals surface area (Å²) in [6.07, 6.45) is 3.62. The van der Waals surface area contributed by atoms with E-state index in [9.17, 15) is 10.1 Å². The quantitative estimate of drug-likeness (QED) is 0.754. The third-order valence-corrected chi connectivity index (χ3v) is 4.84. The van der Waals surface area contributed by atoms with Crippen molar-refractivity contribution in [2.75, 3.05) is 6.26 Å². The summed E-state index contributed by atoms with van der Waals surface area (Å²) >= 11 is 1.45. The fourth-order valence-electron chi connectivity index (χ4n) is 3.10. The zero-order chi connectivity index (χ0) is 15.1. The number of thioether (sulfide) groups is 1. The molecule has 21 heavy (non-hydrogen) atoms. The molecule has 0 amide bonds. The Balaban J connectivity index is 2.40. The molecule has 3 nitrogen and oxygen atoms in total. The number of fused-ring (bicyclic) bond motifs is 3. The molecule has 1 aromatic heterocycles. The van der Waals surface area contributed by atoms with E-state index in [1.807, 2.05) is 19.2 Å². The first-order valence-corrected chi connectivity index (χ1v) is 8.03. The van der Waals surface area contributed by atoms with Crippen molar-refractivity contribution in [2.45, 2.75) is 31.6 Å². The fourth-order valence-corrected chi connectivity index (χ4v) is 3.87. The number of nitriles is 1. The third-order valence-electron chi connectivity index (χ3n) is 3.98. The minimum absolute atomic E-state index is 0.133. The fraction of sp³-hybridized carbons (Fsp3) is 0.294. The van der Waals surface area contributed by atoms with Crippen LogP contribution in [0, 0.1) is 25.2 Å². The molecule has 1 heterocycles. The topological polar surface area (TPSA) is 54.0 Å². The Morgan fingerprint density at radius 1 is 1.24 bits per heavy atom.